The first-order valence-corrected chi connectivity index (χ1v) is 5.59. The van der Waals surface area contributed by atoms with Crippen LogP contribution in [-0.4, -0.2) is 38.4 Å². The van der Waals surface area contributed by atoms with Gasteiger partial charge in [-0.1, -0.05) is 0 Å². The molecule has 0 N–H and O–H groups in total. The summed E-state index contributed by atoms with van der Waals surface area (Å²) >= 11 is 0. The molecular formula is C8H16O4S. The van der Waals surface area contributed by atoms with Gasteiger partial charge in [0, 0.05) is 7.11 Å². The van der Waals surface area contributed by atoms with E-state index in [4.69, 9.17) is 0 Å². The van der Waals surface area contributed by atoms with Crippen molar-refractivity contribution in [2.45, 2.75) is 25.5 Å². The maximum absolute atomic E-state index is 11.5. The van der Waals surface area contributed by atoms with E-state index < -0.39 is 26.1 Å². The number of carbonyl (C=O) groups excluding carboxylic acids is 1. The smallest absolute Gasteiger partial charge is 0.173 e. The van der Waals surface area contributed by atoms with E-state index >= 15 is 0 Å². The van der Waals surface area contributed by atoms with Crippen LogP contribution in [0.5, 0.6) is 0 Å². The van der Waals surface area contributed by atoms with Crippen LogP contribution >= 0.6 is 0 Å². The maximum atomic E-state index is 11.5. The van der Waals surface area contributed by atoms with Crippen LogP contribution in [0, 0.1) is 0 Å². The molecule has 0 aromatic rings. The van der Waals surface area contributed by atoms with Crippen LogP contribution in [0.1, 0.15) is 20.8 Å². The van der Waals surface area contributed by atoms with Crippen LogP contribution < -0.4 is 0 Å². The van der Waals surface area contributed by atoms with Crippen molar-refractivity contribution in [2.75, 3.05) is 19.5 Å². The minimum absolute atomic E-state index is 0.144. The van der Waals surface area contributed by atoms with Crippen LogP contribution in [-0.2, 0) is 19.4 Å². The van der Waals surface area contributed by atoms with Gasteiger partial charge in [0.05, 0.1) is 4.75 Å². The molecule has 0 rings (SSSR count). The summed E-state index contributed by atoms with van der Waals surface area (Å²) in [6.07, 6.45) is 0. The normalized spacial score (nSPS) is 12.9. The Balaban J connectivity index is 4.46. The predicted molar refractivity (Wildman–Crippen MR) is 50.4 cm³/mol. The highest BCUT2D eigenvalue weighted by molar-refractivity contribution is 7.93. The zero-order valence-corrected chi connectivity index (χ0v) is 9.27. The van der Waals surface area contributed by atoms with Gasteiger partial charge in [-0.2, -0.15) is 0 Å². The fourth-order valence-electron chi connectivity index (χ4n) is 0.631. The Morgan fingerprint density at radius 2 is 1.77 bits per heavy atom. The fourth-order valence-corrected chi connectivity index (χ4v) is 1.57. The standard InChI is InChI=1S/C8H16O4S/c1-8(2,3)13(10,11)6-7(9)5-12-4/h5-6H2,1-4H3. The lowest BCUT2D eigenvalue weighted by atomic mass is 10.3. The van der Waals surface area contributed by atoms with Crippen LogP contribution in [0.15, 0.2) is 0 Å². The van der Waals surface area contributed by atoms with Gasteiger partial charge in [0.1, 0.15) is 12.4 Å². The molecule has 4 nitrogen and oxygen atoms in total. The fraction of sp³-hybridized carbons (Fsp3) is 0.875. The van der Waals surface area contributed by atoms with Crippen molar-refractivity contribution in [1.82, 2.24) is 0 Å². The molecule has 0 atom stereocenters. The van der Waals surface area contributed by atoms with Crippen molar-refractivity contribution in [1.29, 1.82) is 0 Å². The maximum Gasteiger partial charge on any atom is 0.173 e. The lowest BCUT2D eigenvalue weighted by Crippen LogP contribution is -2.34. The Bertz CT molecular complexity index is 271. The number of sulfone groups is 1. The van der Waals surface area contributed by atoms with Gasteiger partial charge >= 0.3 is 0 Å². The first-order chi connectivity index (χ1) is 5.70. The number of methoxy groups -OCH3 is 1. The molecule has 78 valence electrons. The average molecular weight is 208 g/mol. The molecule has 13 heavy (non-hydrogen) atoms. The second-order valence-corrected chi connectivity index (χ2v) is 6.59. The van der Waals surface area contributed by atoms with Gasteiger partial charge in [-0.05, 0) is 20.8 Å². The first-order valence-electron chi connectivity index (χ1n) is 3.93. The molecule has 0 fully saturated rings. The zero-order valence-electron chi connectivity index (χ0n) is 8.46. The Morgan fingerprint density at radius 3 is 2.08 bits per heavy atom. The van der Waals surface area contributed by atoms with Crippen LogP contribution in [0.3, 0.4) is 0 Å². The topological polar surface area (TPSA) is 60.4 Å². The second-order valence-electron chi connectivity index (χ2n) is 3.84. The van der Waals surface area contributed by atoms with E-state index in [0.29, 0.717) is 0 Å². The minimum Gasteiger partial charge on any atom is -0.377 e. The molecule has 5 heteroatoms. The van der Waals surface area contributed by atoms with Crippen molar-refractivity contribution in [2.24, 2.45) is 0 Å². The Hall–Kier alpha value is -0.420. The molecule has 0 bridgehead atoms. The Morgan fingerprint density at radius 1 is 1.31 bits per heavy atom. The van der Waals surface area contributed by atoms with Crippen LogP contribution in [0.25, 0.3) is 0 Å². The van der Waals surface area contributed by atoms with Gasteiger partial charge in [-0.15, -0.1) is 0 Å². The summed E-state index contributed by atoms with van der Waals surface area (Å²) in [4.78, 5) is 11.0. The summed E-state index contributed by atoms with van der Waals surface area (Å²) in [5.74, 6) is -0.845. The van der Waals surface area contributed by atoms with Gasteiger partial charge in [-0.3, -0.25) is 4.79 Å². The molecule has 0 aromatic carbocycles. The van der Waals surface area contributed by atoms with Gasteiger partial charge in [0.15, 0.2) is 15.6 Å². The third-order valence-electron chi connectivity index (χ3n) is 1.59. The highest BCUT2D eigenvalue weighted by Crippen LogP contribution is 2.15. The SMILES string of the molecule is COCC(=O)CS(=O)(=O)C(C)(C)C. The second kappa shape index (κ2) is 4.19. The summed E-state index contributed by atoms with van der Waals surface area (Å²) in [7, 11) is -1.99. The molecular weight excluding hydrogens is 192 g/mol. The third kappa shape index (κ3) is 3.87. The van der Waals surface area contributed by atoms with Crippen molar-refractivity contribution >= 4 is 15.6 Å². The summed E-state index contributed by atoms with van der Waals surface area (Å²) in [6.45, 7) is 4.57. The van der Waals surface area contributed by atoms with Gasteiger partial charge in [0.25, 0.3) is 0 Å². The number of ketones is 1. The predicted octanol–water partition coefficient (Wildman–Crippen LogP) is 0.415. The summed E-state index contributed by atoms with van der Waals surface area (Å²) < 4.78 is 26.6. The highest BCUT2D eigenvalue weighted by Gasteiger charge is 2.30. The van der Waals surface area contributed by atoms with E-state index in [9.17, 15) is 13.2 Å². The summed E-state index contributed by atoms with van der Waals surface area (Å²) in [5, 5.41) is 0. The molecule has 0 amide bonds. The van der Waals surface area contributed by atoms with Crippen LogP contribution in [0.2, 0.25) is 0 Å². The largest absolute Gasteiger partial charge is 0.377 e. The summed E-state index contributed by atoms with van der Waals surface area (Å²) in [5.41, 5.74) is 0. The first kappa shape index (κ1) is 12.6. The van der Waals surface area contributed by atoms with Crippen molar-refractivity contribution in [3.63, 3.8) is 0 Å². The zero-order chi connectivity index (χ0) is 10.7. The molecule has 0 aromatic heterocycles. The summed E-state index contributed by atoms with van der Waals surface area (Å²) in [6, 6.07) is 0. The third-order valence-corrected chi connectivity index (χ3v) is 4.16. The number of hydrogen-bond acceptors (Lipinski definition) is 4. The monoisotopic (exact) mass is 208 g/mol. The molecule has 0 heterocycles. The quantitative estimate of drug-likeness (QED) is 0.671. The molecule has 0 aliphatic heterocycles. The number of ether oxygens (including phenoxy) is 1. The van der Waals surface area contributed by atoms with E-state index in [0.717, 1.165) is 0 Å². The number of rotatable bonds is 4. The minimum atomic E-state index is -3.35. The van der Waals surface area contributed by atoms with Crippen LogP contribution in [0.4, 0.5) is 0 Å². The van der Waals surface area contributed by atoms with E-state index in [-0.39, 0.29) is 6.61 Å². The lowest BCUT2D eigenvalue weighted by molar-refractivity contribution is -0.120. The molecule has 0 saturated heterocycles. The Kier molecular flexibility index (Phi) is 4.06. The number of hydrogen-bond donors (Lipinski definition) is 0. The van der Waals surface area contributed by atoms with Gasteiger partial charge in [0.2, 0.25) is 0 Å². The van der Waals surface area contributed by atoms with Gasteiger partial charge in [-0.25, -0.2) is 8.42 Å². The van der Waals surface area contributed by atoms with E-state index in [1.165, 1.54) is 7.11 Å². The highest BCUT2D eigenvalue weighted by atomic mass is 32.2. The molecule has 0 spiro atoms. The van der Waals surface area contributed by atoms with Crippen molar-refractivity contribution in [3.05, 3.63) is 0 Å². The number of carbonyl (C=O) groups is 1. The van der Waals surface area contributed by atoms with E-state index in [1.807, 2.05) is 0 Å². The van der Waals surface area contributed by atoms with Crippen molar-refractivity contribution < 1.29 is 17.9 Å². The van der Waals surface area contributed by atoms with E-state index in [1.54, 1.807) is 20.8 Å². The van der Waals surface area contributed by atoms with E-state index in [2.05, 4.69) is 4.74 Å². The molecule has 0 aliphatic carbocycles. The Labute approximate surface area is 79.2 Å². The number of Topliss-reactive ketones (excluding diaryl/α,β-unsaturated/α-hetero) is 1. The molecule has 0 aliphatic rings. The van der Waals surface area contributed by atoms with Gasteiger partial charge < -0.3 is 4.74 Å². The molecule has 0 radical (unpaired) electrons. The molecule has 0 unspecified atom stereocenters. The van der Waals surface area contributed by atoms with Crippen molar-refractivity contribution in [3.8, 4) is 0 Å². The molecule has 0 saturated carbocycles. The average Bonchev–Trinajstić information content (AvgIpc) is 1.83. The lowest BCUT2D eigenvalue weighted by Gasteiger charge is -2.18.